The largest absolute Gasteiger partial charge is 0.497 e. The molecule has 2 N–H and O–H groups in total. The van der Waals surface area contributed by atoms with Crippen molar-refractivity contribution in [3.05, 3.63) is 70.9 Å². The lowest BCUT2D eigenvalue weighted by atomic mass is 10.1. The van der Waals surface area contributed by atoms with E-state index in [0.29, 0.717) is 5.56 Å². The van der Waals surface area contributed by atoms with Gasteiger partial charge in [-0.1, -0.05) is 29.8 Å². The zero-order chi connectivity index (χ0) is 17.5. The normalized spacial score (nSPS) is 10.9. The molecule has 0 aromatic heterocycles. The van der Waals surface area contributed by atoms with Crippen LogP contribution in [0.1, 0.15) is 21.5 Å². The first kappa shape index (κ1) is 17.3. The Balaban J connectivity index is 2.24. The Morgan fingerprint density at radius 3 is 2.17 bits per heavy atom. The molecule has 0 atom stereocenters. The highest BCUT2D eigenvalue weighted by atomic mass is 16.5. The third-order valence-corrected chi connectivity index (χ3v) is 3.46. The zero-order valence-corrected chi connectivity index (χ0v) is 13.9. The van der Waals surface area contributed by atoms with E-state index >= 15 is 0 Å². The van der Waals surface area contributed by atoms with Crippen molar-refractivity contribution in [1.82, 2.24) is 10.6 Å². The number of nitrogens with one attached hydrogen (secondary N) is 2. The van der Waals surface area contributed by atoms with Crippen molar-refractivity contribution in [3.63, 3.8) is 0 Å². The second-order valence-corrected chi connectivity index (χ2v) is 5.23. The molecule has 0 aliphatic carbocycles. The lowest BCUT2D eigenvalue weighted by molar-refractivity contribution is -0.117. The second-order valence-electron chi connectivity index (χ2n) is 5.23. The van der Waals surface area contributed by atoms with Gasteiger partial charge in [0.1, 0.15) is 11.4 Å². The third kappa shape index (κ3) is 4.46. The smallest absolute Gasteiger partial charge is 0.267 e. The highest BCUT2D eigenvalue weighted by molar-refractivity contribution is 6.05. The van der Waals surface area contributed by atoms with Crippen molar-refractivity contribution >= 4 is 17.9 Å². The van der Waals surface area contributed by atoms with Gasteiger partial charge in [-0.2, -0.15) is 0 Å². The fraction of sp³-hybridized carbons (Fsp3) is 0.158. The van der Waals surface area contributed by atoms with Gasteiger partial charge >= 0.3 is 0 Å². The Bertz CT molecular complexity index is 747. The average molecular weight is 324 g/mol. The van der Waals surface area contributed by atoms with Crippen LogP contribution in [0.3, 0.4) is 0 Å². The van der Waals surface area contributed by atoms with Crippen LogP contribution >= 0.6 is 0 Å². The maximum atomic E-state index is 12.3. The topological polar surface area (TPSA) is 67.4 Å². The van der Waals surface area contributed by atoms with E-state index in [-0.39, 0.29) is 17.5 Å². The second kappa shape index (κ2) is 7.97. The molecule has 2 aromatic rings. The summed E-state index contributed by atoms with van der Waals surface area (Å²) in [6, 6.07) is 14.3. The summed E-state index contributed by atoms with van der Waals surface area (Å²) in [5.74, 6) is 0.0157. The van der Waals surface area contributed by atoms with E-state index in [4.69, 9.17) is 4.74 Å². The summed E-state index contributed by atoms with van der Waals surface area (Å²) >= 11 is 0. The van der Waals surface area contributed by atoms with Gasteiger partial charge in [0, 0.05) is 12.6 Å². The van der Waals surface area contributed by atoms with Crippen LogP contribution in [-0.4, -0.2) is 26.0 Å². The van der Waals surface area contributed by atoms with E-state index in [2.05, 4.69) is 10.6 Å². The van der Waals surface area contributed by atoms with Gasteiger partial charge in [-0.3, -0.25) is 9.59 Å². The molecule has 0 aliphatic rings. The van der Waals surface area contributed by atoms with Gasteiger partial charge in [0.2, 0.25) is 0 Å². The number of amides is 2. The highest BCUT2D eigenvalue weighted by Gasteiger charge is 2.13. The number of ether oxygens (including phenoxy) is 1. The molecule has 0 radical (unpaired) electrons. The molecule has 0 saturated carbocycles. The minimum absolute atomic E-state index is 0.174. The number of carbonyl (C=O) groups is 2. The minimum Gasteiger partial charge on any atom is -0.497 e. The molecule has 24 heavy (non-hydrogen) atoms. The first-order valence-electron chi connectivity index (χ1n) is 7.49. The van der Waals surface area contributed by atoms with Crippen LogP contribution in [0.4, 0.5) is 0 Å². The number of methoxy groups -OCH3 is 1. The predicted molar refractivity (Wildman–Crippen MR) is 93.7 cm³/mol. The Labute approximate surface area is 141 Å². The highest BCUT2D eigenvalue weighted by Crippen LogP contribution is 2.14. The standard InChI is InChI=1S/C19H20N2O3/c1-13-4-8-15(9-5-13)18(22)21-17(19(23)20-2)12-14-6-10-16(24-3)11-7-14/h4-12H,1-3H3,(H,20,23)(H,21,22)/b17-12+. The molecular weight excluding hydrogens is 304 g/mol. The van der Waals surface area contributed by atoms with Gasteiger partial charge in [0.25, 0.3) is 11.8 Å². The molecule has 2 rings (SSSR count). The van der Waals surface area contributed by atoms with Crippen LogP contribution in [0, 0.1) is 6.92 Å². The predicted octanol–water partition coefficient (Wildman–Crippen LogP) is 2.52. The maximum Gasteiger partial charge on any atom is 0.267 e. The number of likely N-dealkylation sites (N-methyl/N-ethyl adjacent to an activating group) is 1. The van der Waals surface area contributed by atoms with Crippen LogP contribution in [0.25, 0.3) is 6.08 Å². The molecule has 0 unspecified atom stereocenters. The molecule has 0 saturated heterocycles. The molecule has 0 aliphatic heterocycles. The van der Waals surface area contributed by atoms with Crippen LogP contribution in [0.2, 0.25) is 0 Å². The number of carbonyl (C=O) groups excluding carboxylic acids is 2. The van der Waals surface area contributed by atoms with E-state index in [9.17, 15) is 9.59 Å². The molecular formula is C19H20N2O3. The van der Waals surface area contributed by atoms with Gasteiger partial charge in [0.15, 0.2) is 0 Å². The molecule has 2 amide bonds. The van der Waals surface area contributed by atoms with E-state index < -0.39 is 0 Å². The fourth-order valence-corrected chi connectivity index (χ4v) is 2.06. The van der Waals surface area contributed by atoms with Gasteiger partial charge in [0.05, 0.1) is 7.11 Å². The summed E-state index contributed by atoms with van der Waals surface area (Å²) in [7, 11) is 3.10. The van der Waals surface area contributed by atoms with Crippen molar-refractivity contribution in [1.29, 1.82) is 0 Å². The van der Waals surface area contributed by atoms with E-state index in [1.54, 1.807) is 49.6 Å². The Kier molecular flexibility index (Phi) is 5.73. The quantitative estimate of drug-likeness (QED) is 0.831. The van der Waals surface area contributed by atoms with Crippen molar-refractivity contribution in [3.8, 4) is 5.75 Å². The zero-order valence-electron chi connectivity index (χ0n) is 13.9. The molecule has 124 valence electrons. The van der Waals surface area contributed by atoms with Crippen molar-refractivity contribution < 1.29 is 14.3 Å². The fourth-order valence-electron chi connectivity index (χ4n) is 2.06. The number of hydrogen-bond donors (Lipinski definition) is 2. The molecule has 5 nitrogen and oxygen atoms in total. The summed E-state index contributed by atoms with van der Waals surface area (Å²) in [6.07, 6.45) is 1.62. The first-order valence-corrected chi connectivity index (χ1v) is 7.49. The van der Waals surface area contributed by atoms with Crippen LogP contribution in [0.15, 0.2) is 54.2 Å². The van der Waals surface area contributed by atoms with E-state index in [1.807, 2.05) is 19.1 Å². The summed E-state index contributed by atoms with van der Waals surface area (Å²) in [4.78, 5) is 24.4. The summed E-state index contributed by atoms with van der Waals surface area (Å²) in [6.45, 7) is 1.95. The maximum absolute atomic E-state index is 12.3. The summed E-state index contributed by atoms with van der Waals surface area (Å²) in [5.41, 5.74) is 2.50. The van der Waals surface area contributed by atoms with Crippen LogP contribution in [0.5, 0.6) is 5.75 Å². The summed E-state index contributed by atoms with van der Waals surface area (Å²) < 4.78 is 5.11. The Hall–Kier alpha value is -3.08. The van der Waals surface area contributed by atoms with E-state index in [0.717, 1.165) is 16.9 Å². The van der Waals surface area contributed by atoms with E-state index in [1.165, 1.54) is 7.05 Å². The number of hydrogen-bond acceptors (Lipinski definition) is 3. The molecule has 5 heteroatoms. The summed E-state index contributed by atoms with van der Waals surface area (Å²) in [5, 5.41) is 5.19. The van der Waals surface area contributed by atoms with Gasteiger partial charge in [-0.05, 0) is 42.8 Å². The Morgan fingerprint density at radius 1 is 1.00 bits per heavy atom. The van der Waals surface area contributed by atoms with Gasteiger partial charge in [-0.15, -0.1) is 0 Å². The van der Waals surface area contributed by atoms with Crippen molar-refractivity contribution in [2.75, 3.05) is 14.2 Å². The number of rotatable bonds is 5. The minimum atomic E-state index is -0.369. The lowest BCUT2D eigenvalue weighted by Gasteiger charge is -2.09. The monoisotopic (exact) mass is 324 g/mol. The first-order chi connectivity index (χ1) is 11.5. The molecule has 0 spiro atoms. The Morgan fingerprint density at radius 2 is 1.62 bits per heavy atom. The molecule has 2 aromatic carbocycles. The number of aryl methyl sites for hydroxylation is 1. The number of benzene rings is 2. The molecule has 0 bridgehead atoms. The van der Waals surface area contributed by atoms with Crippen LogP contribution < -0.4 is 15.4 Å². The average Bonchev–Trinajstić information content (AvgIpc) is 2.61. The van der Waals surface area contributed by atoms with Gasteiger partial charge in [-0.25, -0.2) is 0 Å². The van der Waals surface area contributed by atoms with Crippen LogP contribution in [-0.2, 0) is 4.79 Å². The molecule has 0 heterocycles. The van der Waals surface area contributed by atoms with Gasteiger partial charge < -0.3 is 15.4 Å². The SMILES string of the molecule is CNC(=O)/C(=C\c1ccc(OC)cc1)NC(=O)c1ccc(C)cc1. The van der Waals surface area contributed by atoms with Crippen molar-refractivity contribution in [2.45, 2.75) is 6.92 Å². The molecule has 0 fully saturated rings. The lowest BCUT2D eigenvalue weighted by Crippen LogP contribution is -2.33. The third-order valence-electron chi connectivity index (χ3n) is 3.46. The van der Waals surface area contributed by atoms with Crippen molar-refractivity contribution in [2.24, 2.45) is 0 Å².